The van der Waals surface area contributed by atoms with Gasteiger partial charge >= 0.3 is 0 Å². The number of carbonyl (C=O) groups excluding carboxylic acids is 1. The third-order valence-electron chi connectivity index (χ3n) is 4.46. The lowest BCUT2D eigenvalue weighted by Gasteiger charge is -2.10. The maximum atomic E-state index is 11.2. The molecular formula is C20H17N5OS. The van der Waals surface area contributed by atoms with Gasteiger partial charge in [-0.25, -0.2) is 0 Å². The number of benzene rings is 3. The molecule has 2 N–H and O–H groups in total. The van der Waals surface area contributed by atoms with E-state index in [9.17, 15) is 4.79 Å². The summed E-state index contributed by atoms with van der Waals surface area (Å²) in [6, 6.07) is 19.5. The summed E-state index contributed by atoms with van der Waals surface area (Å²) in [4.78, 5) is 11.2. The zero-order valence-electron chi connectivity index (χ0n) is 14.7. The molecule has 4 aromatic rings. The van der Waals surface area contributed by atoms with Crippen LogP contribution in [0.3, 0.4) is 0 Å². The van der Waals surface area contributed by atoms with E-state index in [1.54, 1.807) is 40.7 Å². The number of amides is 1. The summed E-state index contributed by atoms with van der Waals surface area (Å²) in [7, 11) is 0. The van der Waals surface area contributed by atoms with Crippen molar-refractivity contribution in [3.05, 3.63) is 77.4 Å². The third kappa shape index (κ3) is 3.41. The van der Waals surface area contributed by atoms with Crippen LogP contribution in [0.4, 0.5) is 0 Å². The quantitative estimate of drug-likeness (QED) is 0.539. The first-order chi connectivity index (χ1) is 13.1. The van der Waals surface area contributed by atoms with Gasteiger partial charge < -0.3 is 5.73 Å². The van der Waals surface area contributed by atoms with Gasteiger partial charge in [-0.2, -0.15) is 4.68 Å². The summed E-state index contributed by atoms with van der Waals surface area (Å²) in [5.74, 6) is 0.298. The van der Waals surface area contributed by atoms with E-state index in [0.717, 1.165) is 11.4 Å². The largest absolute Gasteiger partial charge is 0.366 e. The number of carbonyl (C=O) groups is 1. The highest BCUT2D eigenvalue weighted by Gasteiger charge is 2.12. The number of hydrogen-bond acceptors (Lipinski definition) is 5. The molecule has 0 radical (unpaired) electrons. The van der Waals surface area contributed by atoms with Crippen molar-refractivity contribution in [1.82, 2.24) is 20.2 Å². The van der Waals surface area contributed by atoms with Gasteiger partial charge in [0, 0.05) is 11.3 Å². The average Bonchev–Trinajstić information content (AvgIpc) is 3.16. The summed E-state index contributed by atoms with van der Waals surface area (Å²) >= 11 is 1.58. The van der Waals surface area contributed by atoms with Gasteiger partial charge in [0.15, 0.2) is 0 Å². The normalized spacial score (nSPS) is 11.0. The molecule has 0 aliphatic heterocycles. The number of fused-ring (bicyclic) bond motifs is 1. The molecule has 0 unspecified atom stereocenters. The van der Waals surface area contributed by atoms with E-state index in [0.29, 0.717) is 10.7 Å². The highest BCUT2D eigenvalue weighted by atomic mass is 32.2. The predicted molar refractivity (Wildman–Crippen MR) is 106 cm³/mol. The summed E-state index contributed by atoms with van der Waals surface area (Å²) in [6.07, 6.45) is 0. The molecule has 0 spiro atoms. The Morgan fingerprint density at radius 1 is 1.07 bits per heavy atom. The topological polar surface area (TPSA) is 86.7 Å². The number of rotatable bonds is 5. The van der Waals surface area contributed by atoms with E-state index in [4.69, 9.17) is 5.73 Å². The Morgan fingerprint density at radius 2 is 1.85 bits per heavy atom. The molecule has 7 heteroatoms. The second-order valence-corrected chi connectivity index (χ2v) is 7.10. The standard InChI is InChI=1S/C20H17N5OS/c1-13-6-7-14-4-2-3-5-17(14)18(13)12-27-20-22-23-24-25(20)16-10-8-15(9-11-16)19(21)26/h2-11H,12H2,1H3,(H2,21,26). The van der Waals surface area contributed by atoms with Gasteiger partial charge in [0.05, 0.1) is 5.69 Å². The molecule has 0 saturated carbocycles. The van der Waals surface area contributed by atoms with Crippen LogP contribution in [-0.2, 0) is 5.75 Å². The van der Waals surface area contributed by atoms with Gasteiger partial charge in [0.2, 0.25) is 11.1 Å². The first-order valence-electron chi connectivity index (χ1n) is 8.42. The van der Waals surface area contributed by atoms with Crippen molar-refractivity contribution in [1.29, 1.82) is 0 Å². The number of nitrogens with zero attached hydrogens (tertiary/aromatic N) is 4. The Morgan fingerprint density at radius 3 is 2.63 bits per heavy atom. The second kappa shape index (κ2) is 7.20. The molecule has 27 heavy (non-hydrogen) atoms. The molecule has 4 rings (SSSR count). The third-order valence-corrected chi connectivity index (χ3v) is 5.40. The summed E-state index contributed by atoms with van der Waals surface area (Å²) in [5.41, 5.74) is 9.04. The first kappa shape index (κ1) is 17.2. The maximum absolute atomic E-state index is 11.2. The van der Waals surface area contributed by atoms with Crippen LogP contribution in [0.15, 0.2) is 65.8 Å². The lowest BCUT2D eigenvalue weighted by molar-refractivity contribution is 0.100. The Bertz CT molecular complexity index is 1120. The molecule has 0 fully saturated rings. The SMILES string of the molecule is Cc1ccc2ccccc2c1CSc1nnnn1-c1ccc(C(N)=O)cc1. The van der Waals surface area contributed by atoms with Crippen LogP contribution in [0.2, 0.25) is 0 Å². The number of thioether (sulfide) groups is 1. The Balaban J connectivity index is 1.62. The van der Waals surface area contributed by atoms with Crippen molar-refractivity contribution in [3.63, 3.8) is 0 Å². The zero-order valence-corrected chi connectivity index (χ0v) is 15.5. The fourth-order valence-corrected chi connectivity index (χ4v) is 3.99. The molecular weight excluding hydrogens is 358 g/mol. The van der Waals surface area contributed by atoms with E-state index >= 15 is 0 Å². The Hall–Kier alpha value is -3.19. The van der Waals surface area contributed by atoms with Crippen molar-refractivity contribution in [2.75, 3.05) is 0 Å². The average molecular weight is 375 g/mol. The van der Waals surface area contributed by atoms with Crippen LogP contribution in [0, 0.1) is 6.92 Å². The number of aryl methyl sites for hydroxylation is 1. The molecule has 1 amide bonds. The molecule has 1 aromatic heterocycles. The molecule has 0 aliphatic rings. The lowest BCUT2D eigenvalue weighted by Crippen LogP contribution is -2.10. The molecule has 0 bridgehead atoms. The van der Waals surface area contributed by atoms with Crippen LogP contribution < -0.4 is 5.73 Å². The number of primary amides is 1. The van der Waals surface area contributed by atoms with E-state index in [2.05, 4.69) is 52.8 Å². The fourth-order valence-electron chi connectivity index (χ4n) is 2.97. The van der Waals surface area contributed by atoms with Crippen LogP contribution in [0.25, 0.3) is 16.5 Å². The van der Waals surface area contributed by atoms with Crippen LogP contribution in [0.1, 0.15) is 21.5 Å². The first-order valence-corrected chi connectivity index (χ1v) is 9.40. The van der Waals surface area contributed by atoms with Gasteiger partial charge in [-0.3, -0.25) is 4.79 Å². The molecule has 0 atom stereocenters. The van der Waals surface area contributed by atoms with Gasteiger partial charge in [-0.05, 0) is 63.5 Å². The highest BCUT2D eigenvalue weighted by Crippen LogP contribution is 2.29. The fraction of sp³-hybridized carbons (Fsp3) is 0.100. The molecule has 1 heterocycles. The van der Waals surface area contributed by atoms with Crippen molar-refractivity contribution < 1.29 is 4.79 Å². The van der Waals surface area contributed by atoms with E-state index in [1.165, 1.54) is 21.9 Å². The minimum Gasteiger partial charge on any atom is -0.366 e. The van der Waals surface area contributed by atoms with E-state index in [1.807, 2.05) is 6.07 Å². The van der Waals surface area contributed by atoms with Crippen molar-refractivity contribution in [3.8, 4) is 5.69 Å². The Labute approximate surface area is 160 Å². The second-order valence-electron chi connectivity index (χ2n) is 6.16. The van der Waals surface area contributed by atoms with Crippen molar-refractivity contribution >= 4 is 28.4 Å². The predicted octanol–water partition coefficient (Wildman–Crippen LogP) is 3.52. The summed E-state index contributed by atoms with van der Waals surface area (Å²) < 4.78 is 1.66. The van der Waals surface area contributed by atoms with E-state index < -0.39 is 5.91 Å². The Kier molecular flexibility index (Phi) is 4.60. The lowest BCUT2D eigenvalue weighted by atomic mass is 10.0. The van der Waals surface area contributed by atoms with Crippen LogP contribution in [0.5, 0.6) is 0 Å². The molecule has 0 aliphatic carbocycles. The molecule has 134 valence electrons. The minimum absolute atomic E-state index is 0.451. The summed E-state index contributed by atoms with van der Waals surface area (Å²) in [6.45, 7) is 2.12. The summed E-state index contributed by atoms with van der Waals surface area (Å²) in [5, 5.41) is 15.2. The molecule has 6 nitrogen and oxygen atoms in total. The van der Waals surface area contributed by atoms with Gasteiger partial charge in [-0.15, -0.1) is 5.10 Å². The van der Waals surface area contributed by atoms with Gasteiger partial charge in [0.25, 0.3) is 0 Å². The maximum Gasteiger partial charge on any atom is 0.248 e. The number of nitrogens with two attached hydrogens (primary N) is 1. The van der Waals surface area contributed by atoms with Crippen molar-refractivity contribution in [2.45, 2.75) is 17.8 Å². The van der Waals surface area contributed by atoms with Crippen LogP contribution in [-0.4, -0.2) is 26.1 Å². The zero-order chi connectivity index (χ0) is 18.8. The van der Waals surface area contributed by atoms with Crippen molar-refractivity contribution in [2.24, 2.45) is 5.73 Å². The number of tetrazole rings is 1. The molecule has 0 saturated heterocycles. The van der Waals surface area contributed by atoms with E-state index in [-0.39, 0.29) is 0 Å². The number of hydrogen-bond donors (Lipinski definition) is 1. The molecule has 3 aromatic carbocycles. The highest BCUT2D eigenvalue weighted by molar-refractivity contribution is 7.98. The minimum atomic E-state index is -0.459. The number of aromatic nitrogens is 4. The van der Waals surface area contributed by atoms with Crippen LogP contribution >= 0.6 is 11.8 Å². The smallest absolute Gasteiger partial charge is 0.248 e. The van der Waals surface area contributed by atoms with Gasteiger partial charge in [-0.1, -0.05) is 48.2 Å². The van der Waals surface area contributed by atoms with Gasteiger partial charge in [0.1, 0.15) is 0 Å². The monoisotopic (exact) mass is 375 g/mol.